The Hall–Kier alpha value is -3.02. The normalized spacial score (nSPS) is 16.5. The first-order valence-corrected chi connectivity index (χ1v) is 8.48. The second kappa shape index (κ2) is 7.91. The second-order valence-electron chi connectivity index (χ2n) is 6.24. The van der Waals surface area contributed by atoms with E-state index in [1.54, 1.807) is 12.0 Å². The third-order valence-electron chi connectivity index (χ3n) is 4.22. The van der Waals surface area contributed by atoms with Crippen LogP contribution in [0.4, 0.5) is 5.69 Å². The molecule has 6 nitrogen and oxygen atoms in total. The monoisotopic (exact) mass is 354 g/mol. The van der Waals surface area contributed by atoms with Gasteiger partial charge in [0.15, 0.2) is 0 Å². The molecule has 1 N–H and O–H groups in total. The number of hydrogen-bond acceptors (Lipinski definition) is 4. The molecule has 1 aliphatic rings. The predicted octanol–water partition coefficient (Wildman–Crippen LogP) is 2.52. The molecule has 1 atom stereocenters. The Labute approximate surface area is 152 Å². The number of anilines is 1. The molecular formula is C20H22N2O4. The Morgan fingerprint density at radius 1 is 1.19 bits per heavy atom. The van der Waals surface area contributed by atoms with E-state index >= 15 is 0 Å². The Morgan fingerprint density at radius 3 is 2.65 bits per heavy atom. The molecule has 3 rings (SSSR count). The van der Waals surface area contributed by atoms with E-state index in [1.165, 1.54) is 6.92 Å². The van der Waals surface area contributed by atoms with Crippen molar-refractivity contribution in [1.29, 1.82) is 0 Å². The summed E-state index contributed by atoms with van der Waals surface area (Å²) in [6.45, 7) is 2.38. The maximum absolute atomic E-state index is 12.2. The van der Waals surface area contributed by atoms with Gasteiger partial charge in [0.1, 0.15) is 18.1 Å². The van der Waals surface area contributed by atoms with Crippen molar-refractivity contribution in [2.24, 2.45) is 0 Å². The number of benzene rings is 2. The molecule has 0 spiro atoms. The first-order chi connectivity index (χ1) is 12.5. The molecule has 1 aliphatic heterocycles. The van der Waals surface area contributed by atoms with Crippen LogP contribution in [0.15, 0.2) is 48.5 Å². The van der Waals surface area contributed by atoms with Gasteiger partial charge in [-0.05, 0) is 42.0 Å². The number of amides is 2. The molecule has 1 fully saturated rings. The molecule has 136 valence electrons. The fourth-order valence-corrected chi connectivity index (χ4v) is 2.99. The fraction of sp³-hybridized carbons (Fsp3) is 0.300. The van der Waals surface area contributed by atoms with Gasteiger partial charge in [0.2, 0.25) is 11.8 Å². The van der Waals surface area contributed by atoms with Gasteiger partial charge >= 0.3 is 0 Å². The van der Waals surface area contributed by atoms with Crippen molar-refractivity contribution < 1.29 is 19.1 Å². The van der Waals surface area contributed by atoms with E-state index in [-0.39, 0.29) is 17.9 Å². The molecule has 6 heteroatoms. The Bertz CT molecular complexity index is 789. The molecule has 0 aliphatic carbocycles. The molecule has 1 saturated heterocycles. The van der Waals surface area contributed by atoms with Crippen LogP contribution in [0.25, 0.3) is 0 Å². The third kappa shape index (κ3) is 4.33. The number of rotatable bonds is 6. The van der Waals surface area contributed by atoms with Gasteiger partial charge in [0.25, 0.3) is 0 Å². The summed E-state index contributed by atoms with van der Waals surface area (Å²) in [4.78, 5) is 25.0. The minimum Gasteiger partial charge on any atom is -0.497 e. The first kappa shape index (κ1) is 17.8. The predicted molar refractivity (Wildman–Crippen MR) is 98.3 cm³/mol. The molecule has 1 unspecified atom stereocenters. The highest BCUT2D eigenvalue weighted by atomic mass is 16.5. The zero-order chi connectivity index (χ0) is 18.5. The molecule has 2 aromatic carbocycles. The average molecular weight is 354 g/mol. The number of nitrogens with zero attached hydrogens (tertiary/aromatic N) is 1. The third-order valence-corrected chi connectivity index (χ3v) is 4.22. The van der Waals surface area contributed by atoms with Gasteiger partial charge in [-0.25, -0.2) is 0 Å². The van der Waals surface area contributed by atoms with Crippen LogP contribution >= 0.6 is 0 Å². The maximum Gasteiger partial charge on any atom is 0.229 e. The minimum absolute atomic E-state index is 0.00815. The topological polar surface area (TPSA) is 67.9 Å². The molecule has 0 bridgehead atoms. The molecule has 0 aromatic heterocycles. The van der Waals surface area contributed by atoms with Crippen LogP contribution < -0.4 is 19.7 Å². The van der Waals surface area contributed by atoms with Crippen LogP contribution in [0.2, 0.25) is 0 Å². The van der Waals surface area contributed by atoms with E-state index in [2.05, 4.69) is 5.32 Å². The maximum atomic E-state index is 12.2. The number of nitrogens with one attached hydrogen (secondary N) is 1. The van der Waals surface area contributed by atoms with Gasteiger partial charge in [-0.2, -0.15) is 0 Å². The summed E-state index contributed by atoms with van der Waals surface area (Å²) in [5.74, 6) is 1.41. The number of carbonyl (C=O) groups excluding carboxylic acids is 2. The van der Waals surface area contributed by atoms with E-state index in [0.29, 0.717) is 19.6 Å². The van der Waals surface area contributed by atoms with Gasteiger partial charge in [0, 0.05) is 25.6 Å². The van der Waals surface area contributed by atoms with Gasteiger partial charge in [-0.15, -0.1) is 0 Å². The van der Waals surface area contributed by atoms with Crippen LogP contribution in [0, 0.1) is 0 Å². The quantitative estimate of drug-likeness (QED) is 0.866. The van der Waals surface area contributed by atoms with Crippen LogP contribution in [0.5, 0.6) is 11.5 Å². The van der Waals surface area contributed by atoms with Crippen molar-refractivity contribution in [1.82, 2.24) is 5.32 Å². The molecule has 2 amide bonds. The molecule has 0 saturated carbocycles. The van der Waals surface area contributed by atoms with Crippen LogP contribution in [0.1, 0.15) is 18.9 Å². The minimum atomic E-state index is -0.135. The van der Waals surface area contributed by atoms with E-state index in [9.17, 15) is 9.59 Å². The van der Waals surface area contributed by atoms with Crippen molar-refractivity contribution in [3.63, 3.8) is 0 Å². The van der Waals surface area contributed by atoms with Crippen LogP contribution in [0.3, 0.4) is 0 Å². The smallest absolute Gasteiger partial charge is 0.229 e. The lowest BCUT2D eigenvalue weighted by atomic mass is 10.2. The Kier molecular flexibility index (Phi) is 5.41. The van der Waals surface area contributed by atoms with Gasteiger partial charge < -0.3 is 19.7 Å². The van der Waals surface area contributed by atoms with Crippen molar-refractivity contribution >= 4 is 17.5 Å². The molecule has 1 heterocycles. The number of methoxy groups -OCH3 is 1. The lowest BCUT2D eigenvalue weighted by Gasteiger charge is -2.17. The highest BCUT2D eigenvalue weighted by molar-refractivity contribution is 5.96. The van der Waals surface area contributed by atoms with Gasteiger partial charge in [-0.1, -0.05) is 12.1 Å². The van der Waals surface area contributed by atoms with Crippen molar-refractivity contribution in [2.45, 2.75) is 26.0 Å². The summed E-state index contributed by atoms with van der Waals surface area (Å²) in [7, 11) is 1.63. The summed E-state index contributed by atoms with van der Waals surface area (Å²) in [6.07, 6.45) is 0.327. The molecule has 0 radical (unpaired) electrons. The standard InChI is InChI=1S/C20H22N2O4/c1-14(23)21-16-11-20(24)22(12-16)17-6-8-18(9-7-17)26-13-15-4-3-5-19(10-15)25-2/h3-10,16H,11-13H2,1-2H3,(H,21,23). The van der Waals surface area contributed by atoms with Crippen LogP contribution in [-0.4, -0.2) is 31.5 Å². The van der Waals surface area contributed by atoms with E-state index < -0.39 is 0 Å². The highest BCUT2D eigenvalue weighted by Gasteiger charge is 2.30. The number of carbonyl (C=O) groups is 2. The van der Waals surface area contributed by atoms with E-state index in [4.69, 9.17) is 9.47 Å². The molecule has 26 heavy (non-hydrogen) atoms. The Morgan fingerprint density at radius 2 is 1.96 bits per heavy atom. The van der Waals surface area contributed by atoms with Crippen molar-refractivity contribution in [3.8, 4) is 11.5 Å². The average Bonchev–Trinajstić information content (AvgIpc) is 3.00. The summed E-state index contributed by atoms with van der Waals surface area (Å²) in [6, 6.07) is 15.0. The zero-order valence-electron chi connectivity index (χ0n) is 14.9. The lowest BCUT2D eigenvalue weighted by molar-refractivity contribution is -0.119. The lowest BCUT2D eigenvalue weighted by Crippen LogP contribution is -2.35. The number of hydrogen-bond donors (Lipinski definition) is 1. The molecule has 2 aromatic rings. The highest BCUT2D eigenvalue weighted by Crippen LogP contribution is 2.25. The first-order valence-electron chi connectivity index (χ1n) is 8.48. The van der Waals surface area contributed by atoms with Crippen LogP contribution in [-0.2, 0) is 16.2 Å². The summed E-state index contributed by atoms with van der Waals surface area (Å²) >= 11 is 0. The van der Waals surface area contributed by atoms with Gasteiger partial charge in [-0.3, -0.25) is 9.59 Å². The van der Waals surface area contributed by atoms with Crippen molar-refractivity contribution in [2.75, 3.05) is 18.6 Å². The zero-order valence-corrected chi connectivity index (χ0v) is 14.9. The Balaban J connectivity index is 1.60. The second-order valence-corrected chi connectivity index (χ2v) is 6.24. The van der Waals surface area contributed by atoms with E-state index in [1.807, 2.05) is 48.5 Å². The largest absolute Gasteiger partial charge is 0.497 e. The molecular weight excluding hydrogens is 332 g/mol. The van der Waals surface area contributed by atoms with Gasteiger partial charge in [0.05, 0.1) is 13.2 Å². The summed E-state index contributed by atoms with van der Waals surface area (Å²) in [5.41, 5.74) is 1.82. The SMILES string of the molecule is COc1cccc(COc2ccc(N3CC(NC(C)=O)CC3=O)cc2)c1. The fourth-order valence-electron chi connectivity index (χ4n) is 2.99. The summed E-state index contributed by atoms with van der Waals surface area (Å²) < 4.78 is 11.0. The summed E-state index contributed by atoms with van der Waals surface area (Å²) in [5, 5.41) is 2.79. The van der Waals surface area contributed by atoms with Crippen molar-refractivity contribution in [3.05, 3.63) is 54.1 Å². The number of ether oxygens (including phenoxy) is 2. The van der Waals surface area contributed by atoms with E-state index in [0.717, 1.165) is 22.7 Å².